The number of nitrogens with zero attached hydrogens (tertiary/aromatic N) is 2. The van der Waals surface area contributed by atoms with E-state index in [-0.39, 0.29) is 17.9 Å². The van der Waals surface area contributed by atoms with E-state index in [9.17, 15) is 4.79 Å². The molecule has 2 aliphatic rings. The summed E-state index contributed by atoms with van der Waals surface area (Å²) in [5.74, 6) is 0.909. The number of ether oxygens (including phenoxy) is 1. The number of benzene rings is 1. The quantitative estimate of drug-likeness (QED) is 0.892. The van der Waals surface area contributed by atoms with Crippen LogP contribution in [0.4, 0.5) is 5.13 Å². The molecule has 1 aromatic carbocycles. The first-order valence-corrected chi connectivity index (χ1v) is 10.5. The zero-order valence-electron chi connectivity index (χ0n) is 15.3. The van der Waals surface area contributed by atoms with Gasteiger partial charge in [-0.3, -0.25) is 4.79 Å². The maximum atomic E-state index is 12.7. The Hall–Kier alpha value is -1.66. The Kier molecular flexibility index (Phi) is 5.41. The summed E-state index contributed by atoms with van der Waals surface area (Å²) in [4.78, 5) is 19.7. The van der Waals surface area contributed by atoms with Gasteiger partial charge in [0, 0.05) is 38.3 Å². The van der Waals surface area contributed by atoms with Gasteiger partial charge in [-0.1, -0.05) is 23.5 Å². The highest BCUT2D eigenvalue weighted by Gasteiger charge is 2.29. The molecule has 2 saturated heterocycles. The molecular weight excluding hydrogens is 346 g/mol. The first-order chi connectivity index (χ1) is 12.7. The van der Waals surface area contributed by atoms with E-state index in [1.165, 1.54) is 4.70 Å². The molecule has 5 nitrogen and oxygen atoms in total. The number of hydrogen-bond donors (Lipinski definition) is 1. The van der Waals surface area contributed by atoms with E-state index in [1.807, 2.05) is 6.07 Å². The predicted octanol–water partition coefficient (Wildman–Crippen LogP) is 3.44. The van der Waals surface area contributed by atoms with Gasteiger partial charge >= 0.3 is 0 Å². The molecule has 3 heterocycles. The number of carbonyl (C=O) groups excluding carboxylic acids is 1. The van der Waals surface area contributed by atoms with E-state index in [0.717, 1.165) is 62.6 Å². The average Bonchev–Trinajstić information content (AvgIpc) is 3.13. The van der Waals surface area contributed by atoms with Crippen molar-refractivity contribution >= 4 is 32.6 Å². The van der Waals surface area contributed by atoms with Gasteiger partial charge in [-0.25, -0.2) is 4.98 Å². The summed E-state index contributed by atoms with van der Waals surface area (Å²) in [6.45, 7) is 5.61. The number of amides is 1. The number of aromatic nitrogens is 1. The van der Waals surface area contributed by atoms with Gasteiger partial charge in [-0.05, 0) is 50.7 Å². The highest BCUT2D eigenvalue weighted by atomic mass is 32.1. The molecule has 2 aromatic rings. The number of carbonyl (C=O) groups is 1. The number of rotatable bonds is 4. The minimum absolute atomic E-state index is 0.128. The van der Waals surface area contributed by atoms with Crippen LogP contribution in [0, 0.1) is 11.8 Å². The van der Waals surface area contributed by atoms with Gasteiger partial charge in [-0.15, -0.1) is 0 Å². The zero-order valence-corrected chi connectivity index (χ0v) is 16.1. The number of piperidine rings is 1. The number of hydrogen-bond acceptors (Lipinski definition) is 5. The molecular formula is C20H27N3O2S. The third kappa shape index (κ3) is 3.86. The van der Waals surface area contributed by atoms with Gasteiger partial charge < -0.3 is 15.0 Å². The molecule has 140 valence electrons. The normalized spacial score (nSPS) is 21.0. The Labute approximate surface area is 158 Å². The van der Waals surface area contributed by atoms with Crippen LogP contribution >= 0.6 is 11.3 Å². The van der Waals surface area contributed by atoms with Gasteiger partial charge in [0.2, 0.25) is 5.91 Å². The number of thiazole rings is 1. The summed E-state index contributed by atoms with van der Waals surface area (Å²) in [6, 6.07) is 8.51. The summed E-state index contributed by atoms with van der Waals surface area (Å²) in [7, 11) is 0. The van der Waals surface area contributed by atoms with E-state index in [0.29, 0.717) is 5.92 Å². The van der Waals surface area contributed by atoms with Crippen LogP contribution in [0.25, 0.3) is 10.2 Å². The van der Waals surface area contributed by atoms with Crippen LogP contribution in [0.1, 0.15) is 32.6 Å². The lowest BCUT2D eigenvalue weighted by atomic mass is 9.91. The Balaban J connectivity index is 1.30. The monoisotopic (exact) mass is 373 g/mol. The van der Waals surface area contributed by atoms with Gasteiger partial charge in [0.25, 0.3) is 0 Å². The number of nitrogens with one attached hydrogen (secondary N) is 1. The fourth-order valence-corrected chi connectivity index (χ4v) is 5.02. The molecule has 2 aliphatic heterocycles. The second-order valence-electron chi connectivity index (χ2n) is 7.47. The summed E-state index contributed by atoms with van der Waals surface area (Å²) in [5, 5.41) is 4.35. The van der Waals surface area contributed by atoms with Crippen LogP contribution < -0.4 is 10.2 Å². The maximum Gasteiger partial charge on any atom is 0.223 e. The van der Waals surface area contributed by atoms with Crippen LogP contribution in [0.2, 0.25) is 0 Å². The van der Waals surface area contributed by atoms with E-state index in [1.54, 1.807) is 11.3 Å². The van der Waals surface area contributed by atoms with Crippen LogP contribution in [0.3, 0.4) is 0 Å². The number of fused-ring (bicyclic) bond motifs is 1. The van der Waals surface area contributed by atoms with Gasteiger partial charge in [0.1, 0.15) is 0 Å². The molecule has 1 aromatic heterocycles. The second kappa shape index (κ2) is 7.92. The second-order valence-corrected chi connectivity index (χ2v) is 8.48. The van der Waals surface area contributed by atoms with Crippen molar-refractivity contribution in [3.63, 3.8) is 0 Å². The topological polar surface area (TPSA) is 54.5 Å². The molecule has 1 unspecified atom stereocenters. The van der Waals surface area contributed by atoms with Crippen molar-refractivity contribution in [1.82, 2.24) is 10.3 Å². The van der Waals surface area contributed by atoms with E-state index in [4.69, 9.17) is 9.72 Å². The molecule has 0 radical (unpaired) electrons. The van der Waals surface area contributed by atoms with Crippen molar-refractivity contribution in [1.29, 1.82) is 0 Å². The Morgan fingerprint density at radius 2 is 1.96 bits per heavy atom. The Morgan fingerprint density at radius 1 is 1.23 bits per heavy atom. The fourth-order valence-electron chi connectivity index (χ4n) is 4.00. The summed E-state index contributed by atoms with van der Waals surface area (Å²) in [6.07, 6.45) is 3.92. The Morgan fingerprint density at radius 3 is 2.69 bits per heavy atom. The third-order valence-corrected chi connectivity index (χ3v) is 6.86. The van der Waals surface area contributed by atoms with E-state index < -0.39 is 0 Å². The lowest BCUT2D eigenvalue weighted by Crippen LogP contribution is -2.46. The number of anilines is 1. The molecule has 26 heavy (non-hydrogen) atoms. The standard InChI is InChI=1S/C20H27N3O2S/c1-14(15-8-12-25-13-9-15)21-19(24)16-6-10-23(11-7-16)20-22-17-4-2-3-5-18(17)26-20/h2-5,14-16H,6-13H2,1H3,(H,21,24). The average molecular weight is 374 g/mol. The SMILES string of the molecule is CC(NC(=O)C1CCN(c2nc3ccccc3s2)CC1)C1CCOCC1. The Bertz CT molecular complexity index is 715. The molecule has 1 amide bonds. The van der Waals surface area contributed by atoms with Crippen LogP contribution in [0.15, 0.2) is 24.3 Å². The molecule has 1 N–H and O–H groups in total. The number of para-hydroxylation sites is 1. The first-order valence-electron chi connectivity index (χ1n) is 9.69. The van der Waals surface area contributed by atoms with Gasteiger partial charge in [-0.2, -0.15) is 0 Å². The molecule has 6 heteroatoms. The highest BCUT2D eigenvalue weighted by molar-refractivity contribution is 7.22. The molecule has 1 atom stereocenters. The molecule has 2 fully saturated rings. The van der Waals surface area contributed by atoms with E-state index in [2.05, 4.69) is 35.3 Å². The maximum absolute atomic E-state index is 12.7. The first kappa shape index (κ1) is 17.7. The van der Waals surface area contributed by atoms with Gasteiger partial charge in [0.15, 0.2) is 5.13 Å². The van der Waals surface area contributed by atoms with Gasteiger partial charge in [0.05, 0.1) is 10.2 Å². The largest absolute Gasteiger partial charge is 0.381 e. The lowest BCUT2D eigenvalue weighted by molar-refractivity contribution is -0.126. The van der Waals surface area contributed by atoms with E-state index >= 15 is 0 Å². The molecule has 0 aliphatic carbocycles. The zero-order chi connectivity index (χ0) is 17.9. The van der Waals surface area contributed by atoms with Crippen LogP contribution in [-0.2, 0) is 9.53 Å². The highest BCUT2D eigenvalue weighted by Crippen LogP contribution is 2.31. The summed E-state index contributed by atoms with van der Waals surface area (Å²) < 4.78 is 6.65. The van der Waals surface area contributed by atoms with Crippen molar-refractivity contribution < 1.29 is 9.53 Å². The summed E-state index contributed by atoms with van der Waals surface area (Å²) >= 11 is 1.75. The van der Waals surface area contributed by atoms with Crippen molar-refractivity contribution in [2.45, 2.75) is 38.6 Å². The lowest BCUT2D eigenvalue weighted by Gasteiger charge is -2.33. The van der Waals surface area contributed by atoms with Crippen LogP contribution in [-0.4, -0.2) is 43.2 Å². The smallest absolute Gasteiger partial charge is 0.223 e. The van der Waals surface area contributed by atoms with Crippen LogP contribution in [0.5, 0.6) is 0 Å². The fraction of sp³-hybridized carbons (Fsp3) is 0.600. The minimum atomic E-state index is 0.128. The molecule has 0 bridgehead atoms. The molecule has 0 spiro atoms. The van der Waals surface area contributed by atoms with Crippen molar-refractivity contribution in [2.75, 3.05) is 31.2 Å². The summed E-state index contributed by atoms with van der Waals surface area (Å²) in [5.41, 5.74) is 1.07. The van der Waals surface area contributed by atoms with Crippen molar-refractivity contribution in [3.8, 4) is 0 Å². The van der Waals surface area contributed by atoms with Crippen molar-refractivity contribution in [2.24, 2.45) is 11.8 Å². The molecule has 0 saturated carbocycles. The van der Waals surface area contributed by atoms with Crippen molar-refractivity contribution in [3.05, 3.63) is 24.3 Å². The molecule has 4 rings (SSSR count). The third-order valence-electron chi connectivity index (χ3n) is 5.76. The predicted molar refractivity (Wildman–Crippen MR) is 106 cm³/mol. The minimum Gasteiger partial charge on any atom is -0.381 e.